The number of carboxylic acid groups (broad SMARTS) is 2. The zero-order valence-electron chi connectivity index (χ0n) is 20.4. The number of aliphatic carboxylic acids is 2. The number of aromatic amines is 1. The molecule has 0 radical (unpaired) electrons. The van der Waals surface area contributed by atoms with Crippen molar-refractivity contribution >= 4 is 40.6 Å². The minimum Gasteiger partial charge on any atom is -0.481 e. The van der Waals surface area contributed by atoms with Crippen molar-refractivity contribution in [2.75, 3.05) is 0 Å². The van der Waals surface area contributed by atoms with Gasteiger partial charge in [0, 0.05) is 23.5 Å². The molecule has 0 aliphatic heterocycles. The molecule has 0 saturated carbocycles. The highest BCUT2D eigenvalue weighted by Gasteiger charge is 2.32. The van der Waals surface area contributed by atoms with Crippen LogP contribution >= 0.6 is 0 Å². The maximum Gasteiger partial charge on any atom is 0.325 e. The van der Waals surface area contributed by atoms with Gasteiger partial charge in [0.25, 0.3) is 0 Å². The molecule has 0 spiro atoms. The summed E-state index contributed by atoms with van der Waals surface area (Å²) in [7, 11) is 0. The number of para-hydroxylation sites is 1. The predicted molar refractivity (Wildman–Crippen MR) is 131 cm³/mol. The van der Waals surface area contributed by atoms with Gasteiger partial charge in [-0.2, -0.15) is 0 Å². The molecule has 0 aliphatic carbocycles. The monoisotopic (exact) mass is 503 g/mol. The molecule has 2 rings (SSSR count). The van der Waals surface area contributed by atoms with Crippen molar-refractivity contribution in [1.29, 1.82) is 0 Å². The fourth-order valence-corrected chi connectivity index (χ4v) is 3.54. The number of amides is 3. The van der Waals surface area contributed by atoms with Crippen molar-refractivity contribution in [2.24, 2.45) is 11.7 Å². The molecule has 36 heavy (non-hydrogen) atoms. The van der Waals surface area contributed by atoms with Gasteiger partial charge in [-0.15, -0.1) is 0 Å². The Bertz CT molecular complexity index is 1120. The number of nitrogens with two attached hydrogens (primary N) is 1. The Morgan fingerprint density at radius 1 is 0.944 bits per heavy atom. The van der Waals surface area contributed by atoms with Crippen LogP contribution in [0.15, 0.2) is 30.5 Å². The maximum absolute atomic E-state index is 13.1. The van der Waals surface area contributed by atoms with E-state index < -0.39 is 60.2 Å². The third-order valence-electron chi connectivity index (χ3n) is 6.03. The zero-order chi connectivity index (χ0) is 27.0. The quantitative estimate of drug-likeness (QED) is 0.199. The van der Waals surface area contributed by atoms with E-state index in [1.54, 1.807) is 19.2 Å². The molecule has 5 unspecified atom stereocenters. The standard InChI is InChI=1S/C24H33N5O7/c1-4-12(2)20(25)23(34)29-18(10-19(30)31)22(33)28-17(21(32)27-13(3)24(35)36)9-14-11-26-16-8-6-5-7-15(14)16/h5-8,11-13,17-18,20,26H,4,9-10,25H2,1-3H3,(H,27,32)(H,28,33)(H,29,34)(H,30,31)(H,35,36). The second-order valence-corrected chi connectivity index (χ2v) is 8.76. The van der Waals surface area contributed by atoms with Crippen LogP contribution in [0, 0.1) is 5.92 Å². The van der Waals surface area contributed by atoms with Gasteiger partial charge in [0.2, 0.25) is 17.7 Å². The first-order chi connectivity index (χ1) is 16.9. The highest BCUT2D eigenvalue weighted by Crippen LogP contribution is 2.19. The summed E-state index contributed by atoms with van der Waals surface area (Å²) in [4.78, 5) is 64.2. The lowest BCUT2D eigenvalue weighted by atomic mass is 9.98. The molecule has 0 saturated heterocycles. The largest absolute Gasteiger partial charge is 0.481 e. The van der Waals surface area contributed by atoms with Gasteiger partial charge in [0.05, 0.1) is 12.5 Å². The number of hydrogen-bond acceptors (Lipinski definition) is 6. The molecular weight excluding hydrogens is 470 g/mol. The molecule has 0 bridgehead atoms. The predicted octanol–water partition coefficient (Wildman–Crippen LogP) is 0.117. The number of aromatic nitrogens is 1. The number of rotatable bonds is 13. The number of carbonyl (C=O) groups is 5. The second kappa shape index (κ2) is 12.7. The number of benzene rings is 1. The molecule has 1 aromatic heterocycles. The van der Waals surface area contributed by atoms with Gasteiger partial charge in [-0.25, -0.2) is 0 Å². The van der Waals surface area contributed by atoms with E-state index in [2.05, 4.69) is 20.9 Å². The fraction of sp³-hybridized carbons (Fsp3) is 0.458. The first-order valence-electron chi connectivity index (χ1n) is 11.6. The van der Waals surface area contributed by atoms with Crippen LogP contribution in [0.25, 0.3) is 10.9 Å². The van der Waals surface area contributed by atoms with E-state index in [0.29, 0.717) is 12.0 Å². The van der Waals surface area contributed by atoms with Crippen molar-refractivity contribution < 1.29 is 34.2 Å². The van der Waals surface area contributed by atoms with Gasteiger partial charge in [0.1, 0.15) is 18.1 Å². The van der Waals surface area contributed by atoms with Gasteiger partial charge in [-0.1, -0.05) is 38.5 Å². The lowest BCUT2D eigenvalue weighted by Gasteiger charge is -2.25. The van der Waals surface area contributed by atoms with E-state index in [1.165, 1.54) is 6.92 Å². The van der Waals surface area contributed by atoms with Crippen LogP contribution in [-0.2, 0) is 30.4 Å². The Kier molecular flexibility index (Phi) is 9.97. The average molecular weight is 504 g/mol. The summed E-state index contributed by atoms with van der Waals surface area (Å²) in [5.41, 5.74) is 7.38. The molecule has 0 fully saturated rings. The smallest absolute Gasteiger partial charge is 0.325 e. The molecule has 1 heterocycles. The van der Waals surface area contributed by atoms with E-state index in [4.69, 9.17) is 10.8 Å². The average Bonchev–Trinajstić information content (AvgIpc) is 3.24. The molecule has 5 atom stereocenters. The van der Waals surface area contributed by atoms with Gasteiger partial charge in [-0.05, 0) is 24.5 Å². The van der Waals surface area contributed by atoms with Gasteiger partial charge in [-0.3, -0.25) is 24.0 Å². The Morgan fingerprint density at radius 3 is 2.17 bits per heavy atom. The Balaban J connectivity index is 2.29. The number of carbonyl (C=O) groups excluding carboxylic acids is 3. The van der Waals surface area contributed by atoms with Crippen LogP contribution in [0.4, 0.5) is 0 Å². The molecule has 12 nitrogen and oxygen atoms in total. The van der Waals surface area contributed by atoms with Crippen molar-refractivity contribution in [3.8, 4) is 0 Å². The molecule has 0 aliphatic rings. The van der Waals surface area contributed by atoms with Crippen LogP contribution in [0.3, 0.4) is 0 Å². The Labute approximate surface area is 208 Å². The van der Waals surface area contributed by atoms with Crippen LogP contribution in [0.2, 0.25) is 0 Å². The summed E-state index contributed by atoms with van der Waals surface area (Å²) < 4.78 is 0. The Hall–Kier alpha value is -3.93. The van der Waals surface area contributed by atoms with Crippen molar-refractivity contribution in [3.05, 3.63) is 36.0 Å². The van der Waals surface area contributed by atoms with Crippen molar-refractivity contribution in [1.82, 2.24) is 20.9 Å². The maximum atomic E-state index is 13.1. The summed E-state index contributed by atoms with van der Waals surface area (Å²) in [5.74, 6) is -5.20. The summed E-state index contributed by atoms with van der Waals surface area (Å²) in [5, 5.41) is 26.4. The first-order valence-corrected chi connectivity index (χ1v) is 11.6. The fourth-order valence-electron chi connectivity index (χ4n) is 3.54. The van der Waals surface area contributed by atoms with E-state index in [0.717, 1.165) is 10.9 Å². The lowest BCUT2D eigenvalue weighted by molar-refractivity contribution is -0.143. The Morgan fingerprint density at radius 2 is 1.56 bits per heavy atom. The number of fused-ring (bicyclic) bond motifs is 1. The topological polar surface area (TPSA) is 204 Å². The second-order valence-electron chi connectivity index (χ2n) is 8.76. The van der Waals surface area contributed by atoms with Crippen LogP contribution in [-0.4, -0.2) is 69.0 Å². The highest BCUT2D eigenvalue weighted by molar-refractivity contribution is 5.96. The summed E-state index contributed by atoms with van der Waals surface area (Å²) >= 11 is 0. The van der Waals surface area contributed by atoms with Crippen LogP contribution in [0.5, 0.6) is 0 Å². The van der Waals surface area contributed by atoms with E-state index in [-0.39, 0.29) is 12.3 Å². The van der Waals surface area contributed by atoms with Gasteiger partial charge >= 0.3 is 11.9 Å². The molecule has 8 N–H and O–H groups in total. The van der Waals surface area contributed by atoms with Crippen molar-refractivity contribution in [3.63, 3.8) is 0 Å². The molecule has 3 amide bonds. The number of H-pyrrole nitrogens is 1. The minimum atomic E-state index is -1.50. The lowest BCUT2D eigenvalue weighted by Crippen LogP contribution is -2.58. The van der Waals surface area contributed by atoms with Crippen LogP contribution < -0.4 is 21.7 Å². The molecular formula is C24H33N5O7. The summed E-state index contributed by atoms with van der Waals surface area (Å²) in [6.07, 6.45) is 1.50. The minimum absolute atomic E-state index is 0.0198. The SMILES string of the molecule is CCC(C)C(N)C(=O)NC(CC(=O)O)C(=O)NC(Cc1c[nH]c2ccccc12)C(=O)NC(C)C(=O)O. The number of hydrogen-bond donors (Lipinski definition) is 7. The third-order valence-corrected chi connectivity index (χ3v) is 6.03. The highest BCUT2D eigenvalue weighted by atomic mass is 16.4. The van der Waals surface area contributed by atoms with E-state index in [9.17, 15) is 29.1 Å². The van der Waals surface area contributed by atoms with Crippen molar-refractivity contribution in [2.45, 2.75) is 64.2 Å². The first kappa shape index (κ1) is 28.3. The zero-order valence-corrected chi connectivity index (χ0v) is 20.4. The molecule has 196 valence electrons. The number of carboxylic acids is 2. The summed E-state index contributed by atoms with van der Waals surface area (Å²) in [6.45, 7) is 4.86. The molecule has 2 aromatic rings. The molecule has 1 aromatic carbocycles. The third kappa shape index (κ3) is 7.54. The van der Waals surface area contributed by atoms with E-state index >= 15 is 0 Å². The normalized spacial score (nSPS) is 15.2. The van der Waals surface area contributed by atoms with Gasteiger partial charge < -0.3 is 36.9 Å². The number of nitrogens with one attached hydrogen (secondary N) is 4. The van der Waals surface area contributed by atoms with Gasteiger partial charge in [0.15, 0.2) is 0 Å². The molecule has 12 heteroatoms. The van der Waals surface area contributed by atoms with Crippen LogP contribution in [0.1, 0.15) is 39.2 Å². The summed E-state index contributed by atoms with van der Waals surface area (Å²) in [6, 6.07) is 2.34. The van der Waals surface area contributed by atoms with E-state index in [1.807, 2.05) is 25.1 Å².